The number of oxazole rings is 1. The Hall–Kier alpha value is -5.48. The van der Waals surface area contributed by atoms with E-state index >= 15 is 0 Å². The van der Waals surface area contributed by atoms with Crippen molar-refractivity contribution in [3.8, 4) is 6.07 Å². The Bertz CT molecular complexity index is 2440. The molecule has 8 rings (SSSR count). The van der Waals surface area contributed by atoms with E-state index in [2.05, 4.69) is 65.4 Å². The molecule has 0 amide bonds. The molecule has 2 aliphatic heterocycles. The number of nitrogens with one attached hydrogen (secondary N) is 1. The van der Waals surface area contributed by atoms with Gasteiger partial charge in [-0.15, -0.1) is 0 Å². The summed E-state index contributed by atoms with van der Waals surface area (Å²) in [5.74, 6) is 0.814. The van der Waals surface area contributed by atoms with Crippen molar-refractivity contribution in [1.82, 2.24) is 29.7 Å². The molecule has 3 N–H and O–H groups in total. The fourth-order valence-corrected chi connectivity index (χ4v) is 8.47. The van der Waals surface area contributed by atoms with Crippen LogP contribution in [0.15, 0.2) is 71.3 Å². The first-order chi connectivity index (χ1) is 26.2. The zero-order chi connectivity index (χ0) is 38.7. The number of carboxylic acid groups (broad SMARTS) is 1. The van der Waals surface area contributed by atoms with E-state index in [9.17, 15) is 20.3 Å². The smallest absolute Gasteiger partial charge is 0.310 e. The molecule has 2 saturated heterocycles. The summed E-state index contributed by atoms with van der Waals surface area (Å²) in [5.41, 5.74) is 6.03. The number of fused-ring (bicyclic) bond motifs is 2. The maximum Gasteiger partial charge on any atom is 0.310 e. The Kier molecular flexibility index (Phi) is 9.07. The Morgan fingerprint density at radius 3 is 2.51 bits per heavy atom. The lowest BCUT2D eigenvalue weighted by Crippen LogP contribution is -2.31. The monoisotopic (exact) mass is 738 g/mol. The van der Waals surface area contributed by atoms with E-state index in [0.717, 1.165) is 46.4 Å². The third kappa shape index (κ3) is 7.11. The number of aromatic nitrogens is 4. The van der Waals surface area contributed by atoms with E-state index in [1.807, 2.05) is 50.4 Å². The second kappa shape index (κ2) is 13.7. The quantitative estimate of drug-likeness (QED) is 0.141. The van der Waals surface area contributed by atoms with Crippen molar-refractivity contribution in [1.29, 1.82) is 5.26 Å². The molecule has 12 nitrogen and oxygen atoms in total. The van der Waals surface area contributed by atoms with Crippen molar-refractivity contribution in [3.63, 3.8) is 0 Å². The van der Waals surface area contributed by atoms with Gasteiger partial charge in [0, 0.05) is 50.0 Å². The van der Waals surface area contributed by atoms with Crippen molar-refractivity contribution in [2.75, 3.05) is 31.5 Å². The highest BCUT2D eigenvalue weighted by Crippen LogP contribution is 2.50. The van der Waals surface area contributed by atoms with Gasteiger partial charge >= 0.3 is 5.97 Å². The third-order valence-electron chi connectivity index (χ3n) is 11.5. The first kappa shape index (κ1) is 36.5. The number of aliphatic hydroxyl groups is 1. The van der Waals surface area contributed by atoms with Crippen molar-refractivity contribution in [2.45, 2.75) is 72.1 Å². The van der Waals surface area contributed by atoms with Crippen molar-refractivity contribution in [2.24, 2.45) is 10.8 Å². The van der Waals surface area contributed by atoms with Crippen LogP contribution in [0.4, 0.5) is 11.5 Å². The third-order valence-corrected chi connectivity index (χ3v) is 11.5. The molecule has 0 radical (unpaired) electrons. The standard InChI is InChI=1S/C43H46N8O4/c1-26-46-34-18-28(23-51-15-13-43(5,54)25-51)21-45-36(34)38(47-26)48-31-9-6-8-29(19-31)32-10-7-11-33(41(32,2)3)39-49-35-17-27(16-30(20-44)37(35)55-39)22-50-14-12-42(4,24-50)40(52)53/h6-11,16-19,21,33,54H,12-15,22-25H2,1-5H3,(H,52,53)(H,46,47,48). The number of carboxylic acids is 1. The van der Waals surface area contributed by atoms with Gasteiger partial charge in [0.05, 0.1) is 28.0 Å². The fourth-order valence-electron chi connectivity index (χ4n) is 8.47. The molecule has 3 aromatic heterocycles. The molecule has 5 aromatic rings. The van der Waals surface area contributed by atoms with Gasteiger partial charge in [-0.1, -0.05) is 44.2 Å². The zero-order valence-electron chi connectivity index (χ0n) is 31.9. The summed E-state index contributed by atoms with van der Waals surface area (Å²) in [6.45, 7) is 13.8. The lowest BCUT2D eigenvalue weighted by Gasteiger charge is -2.35. The van der Waals surface area contributed by atoms with Crippen LogP contribution in [0.5, 0.6) is 0 Å². The van der Waals surface area contributed by atoms with Crippen LogP contribution in [0.3, 0.4) is 0 Å². The van der Waals surface area contributed by atoms with Crippen LogP contribution in [-0.2, 0) is 17.9 Å². The van der Waals surface area contributed by atoms with Crippen molar-refractivity contribution < 1.29 is 19.4 Å². The second-order valence-corrected chi connectivity index (χ2v) is 16.6. The van der Waals surface area contributed by atoms with Gasteiger partial charge < -0.3 is 19.9 Å². The van der Waals surface area contributed by atoms with Gasteiger partial charge in [0.25, 0.3) is 0 Å². The molecular formula is C43H46N8O4. The SMILES string of the molecule is Cc1nc(Nc2cccc(C3=CC=CC(c4nc5cc(CN6CCC(C)(C(=O)O)C6)cc(C#N)c5o4)C3(C)C)c2)c2ncc(CN3CCC(C)(O)C3)cc2n1. The minimum absolute atomic E-state index is 0.208. The van der Waals surface area contributed by atoms with Crippen LogP contribution in [0.2, 0.25) is 0 Å². The minimum atomic E-state index is -0.782. The summed E-state index contributed by atoms with van der Waals surface area (Å²) in [6.07, 6.45) is 9.48. The van der Waals surface area contributed by atoms with E-state index in [0.29, 0.717) is 78.9 Å². The molecular weight excluding hydrogens is 693 g/mol. The Morgan fingerprint density at radius 2 is 1.76 bits per heavy atom. The lowest BCUT2D eigenvalue weighted by molar-refractivity contribution is -0.147. The molecule has 2 fully saturated rings. The summed E-state index contributed by atoms with van der Waals surface area (Å²) in [6, 6.07) is 16.4. The molecule has 3 atom stereocenters. The number of rotatable bonds is 9. The summed E-state index contributed by atoms with van der Waals surface area (Å²) in [4.78, 5) is 35.3. The molecule has 3 unspecified atom stereocenters. The molecule has 12 heteroatoms. The highest BCUT2D eigenvalue weighted by atomic mass is 16.4. The average Bonchev–Trinajstić information content (AvgIpc) is 3.83. The largest absolute Gasteiger partial charge is 0.481 e. The van der Waals surface area contributed by atoms with Crippen LogP contribution >= 0.6 is 0 Å². The lowest BCUT2D eigenvalue weighted by atomic mass is 9.68. The topological polar surface area (TPSA) is 165 Å². The number of allylic oxidation sites excluding steroid dienone is 4. The number of nitriles is 1. The summed E-state index contributed by atoms with van der Waals surface area (Å²) in [5, 5.41) is 33.7. The molecule has 0 bridgehead atoms. The number of aryl methyl sites for hydroxylation is 1. The minimum Gasteiger partial charge on any atom is -0.481 e. The number of aliphatic carboxylic acids is 1. The molecule has 5 heterocycles. The molecule has 55 heavy (non-hydrogen) atoms. The number of β-amino-alcohol motifs (C(OH)–C–C–N with tert-alkyl or cyclic N) is 1. The average molecular weight is 739 g/mol. The van der Waals surface area contributed by atoms with Gasteiger partial charge in [0.15, 0.2) is 11.4 Å². The van der Waals surface area contributed by atoms with E-state index in [1.54, 1.807) is 6.92 Å². The highest BCUT2D eigenvalue weighted by Gasteiger charge is 2.41. The van der Waals surface area contributed by atoms with E-state index < -0.39 is 22.4 Å². The van der Waals surface area contributed by atoms with Gasteiger partial charge in [-0.05, 0) is 92.8 Å². The molecule has 1 aliphatic carbocycles. The van der Waals surface area contributed by atoms with Gasteiger partial charge in [-0.3, -0.25) is 19.6 Å². The number of likely N-dealkylation sites (tertiary alicyclic amines) is 2. The number of carbonyl (C=O) groups is 1. The predicted octanol–water partition coefficient (Wildman–Crippen LogP) is 7.11. The first-order valence-corrected chi connectivity index (χ1v) is 18.8. The predicted molar refractivity (Wildman–Crippen MR) is 210 cm³/mol. The second-order valence-electron chi connectivity index (χ2n) is 16.6. The summed E-state index contributed by atoms with van der Waals surface area (Å²) >= 11 is 0. The fraction of sp³-hybridized carbons (Fsp3) is 0.395. The Morgan fingerprint density at radius 1 is 1.00 bits per heavy atom. The number of pyridine rings is 1. The van der Waals surface area contributed by atoms with Gasteiger partial charge in [0.1, 0.15) is 22.9 Å². The molecule has 0 spiro atoms. The van der Waals surface area contributed by atoms with Crippen molar-refractivity contribution in [3.05, 3.63) is 101 Å². The van der Waals surface area contributed by atoms with Crippen LogP contribution in [0.25, 0.3) is 27.7 Å². The molecule has 282 valence electrons. The van der Waals surface area contributed by atoms with Gasteiger partial charge in [-0.25, -0.2) is 15.0 Å². The number of hydrogen-bond donors (Lipinski definition) is 3. The number of nitrogens with zero attached hydrogens (tertiary/aromatic N) is 7. The van der Waals surface area contributed by atoms with E-state index in [-0.39, 0.29) is 5.92 Å². The van der Waals surface area contributed by atoms with Crippen molar-refractivity contribution >= 4 is 45.2 Å². The molecule has 3 aliphatic rings. The number of hydrogen-bond acceptors (Lipinski definition) is 11. The van der Waals surface area contributed by atoms with Gasteiger partial charge in [0.2, 0.25) is 5.89 Å². The number of benzene rings is 2. The van der Waals surface area contributed by atoms with Crippen LogP contribution < -0.4 is 5.32 Å². The maximum absolute atomic E-state index is 11.8. The van der Waals surface area contributed by atoms with E-state index in [4.69, 9.17) is 24.4 Å². The van der Waals surface area contributed by atoms with Crippen LogP contribution in [-0.4, -0.2) is 77.7 Å². The zero-order valence-corrected chi connectivity index (χ0v) is 31.9. The normalized spacial score (nSPS) is 24.0. The Balaban J connectivity index is 1.03. The molecule has 2 aromatic carbocycles. The van der Waals surface area contributed by atoms with Gasteiger partial charge in [-0.2, -0.15) is 5.26 Å². The van der Waals surface area contributed by atoms with Crippen LogP contribution in [0, 0.1) is 29.1 Å². The number of anilines is 2. The summed E-state index contributed by atoms with van der Waals surface area (Å²) in [7, 11) is 0. The maximum atomic E-state index is 11.8. The van der Waals surface area contributed by atoms with Crippen LogP contribution in [0.1, 0.15) is 80.4 Å². The summed E-state index contributed by atoms with van der Waals surface area (Å²) < 4.78 is 6.40. The Labute approximate surface area is 320 Å². The molecule has 0 saturated carbocycles. The highest BCUT2D eigenvalue weighted by molar-refractivity contribution is 5.88. The first-order valence-electron chi connectivity index (χ1n) is 18.8. The van der Waals surface area contributed by atoms with E-state index in [1.165, 1.54) is 0 Å².